The lowest BCUT2D eigenvalue weighted by Crippen LogP contribution is -2.44. The number of pyridine rings is 1. The molecule has 8 nitrogen and oxygen atoms in total. The van der Waals surface area contributed by atoms with E-state index in [4.69, 9.17) is 14.5 Å². The molecule has 2 aliphatic rings. The van der Waals surface area contributed by atoms with Gasteiger partial charge in [-0.1, -0.05) is 33.5 Å². The van der Waals surface area contributed by atoms with Crippen molar-refractivity contribution in [2.24, 2.45) is 5.41 Å². The molecular formula is C33H51N5O3Si. The number of rotatable bonds is 9. The summed E-state index contributed by atoms with van der Waals surface area (Å²) >= 11 is 0. The van der Waals surface area contributed by atoms with Crippen LogP contribution in [0.1, 0.15) is 120 Å². The van der Waals surface area contributed by atoms with Crippen molar-refractivity contribution in [3.63, 3.8) is 0 Å². The van der Waals surface area contributed by atoms with Crippen molar-refractivity contribution in [1.82, 2.24) is 14.5 Å². The molecule has 0 aromatic carbocycles. The minimum Gasteiger partial charge on any atom is -0.370 e. The standard InChI is InChI=1S/C33H51N5O3Si/c1-31(2)14-12-23(13-15-31)28-27(11-10-26(36-28)24-18-32(3,4)41-33(5,6)19-24)37-30(39)29-35-25(20-34)21-38(29)22-40-16-17-42(7,8)9/h10-11,21,23-24H,12-19,22H2,1-9H3,(H,37,39). The highest BCUT2D eigenvalue weighted by Crippen LogP contribution is 2.46. The highest BCUT2D eigenvalue weighted by atomic mass is 28.3. The van der Waals surface area contributed by atoms with Crippen molar-refractivity contribution >= 4 is 19.7 Å². The Hall–Kier alpha value is -2.54. The molecule has 1 saturated heterocycles. The topological polar surface area (TPSA) is 102 Å². The van der Waals surface area contributed by atoms with Gasteiger partial charge in [0, 0.05) is 38.4 Å². The van der Waals surface area contributed by atoms with Gasteiger partial charge in [-0.05, 0) is 89.8 Å². The first kappa shape index (κ1) is 32.4. The highest BCUT2D eigenvalue weighted by molar-refractivity contribution is 6.76. The maximum absolute atomic E-state index is 13.7. The summed E-state index contributed by atoms with van der Waals surface area (Å²) in [5.41, 5.74) is 2.81. The number of nitrogens with one attached hydrogen (secondary N) is 1. The van der Waals surface area contributed by atoms with E-state index in [2.05, 4.69) is 83.6 Å². The average Bonchev–Trinajstić information content (AvgIpc) is 3.28. The van der Waals surface area contributed by atoms with Crippen LogP contribution in [0.3, 0.4) is 0 Å². The number of nitrogens with zero attached hydrogens (tertiary/aromatic N) is 4. The van der Waals surface area contributed by atoms with Gasteiger partial charge < -0.3 is 19.4 Å². The Bertz CT molecular complexity index is 1290. The molecule has 0 bridgehead atoms. The summed E-state index contributed by atoms with van der Waals surface area (Å²) in [5, 5.41) is 12.6. The van der Waals surface area contributed by atoms with Crippen LogP contribution >= 0.6 is 0 Å². The fourth-order valence-corrected chi connectivity index (χ4v) is 7.33. The predicted molar refractivity (Wildman–Crippen MR) is 169 cm³/mol. The van der Waals surface area contributed by atoms with Gasteiger partial charge in [0.25, 0.3) is 5.91 Å². The number of carbonyl (C=O) groups excluding carboxylic acids is 1. The van der Waals surface area contributed by atoms with Crippen LogP contribution in [0.4, 0.5) is 5.69 Å². The fraction of sp³-hybridized carbons (Fsp3) is 0.697. The van der Waals surface area contributed by atoms with Crippen molar-refractivity contribution < 1.29 is 14.3 Å². The summed E-state index contributed by atoms with van der Waals surface area (Å²) in [4.78, 5) is 23.3. The lowest BCUT2D eigenvalue weighted by Gasteiger charge is -2.45. The summed E-state index contributed by atoms with van der Waals surface area (Å²) in [6.07, 6.45) is 7.71. The first-order valence-corrected chi connectivity index (χ1v) is 19.2. The second kappa shape index (κ2) is 12.2. The third-order valence-electron chi connectivity index (χ3n) is 8.69. The Kier molecular flexibility index (Phi) is 9.42. The van der Waals surface area contributed by atoms with E-state index in [0.29, 0.717) is 12.0 Å². The first-order chi connectivity index (χ1) is 19.5. The Morgan fingerprint density at radius 2 is 1.71 bits per heavy atom. The minimum atomic E-state index is -1.24. The molecule has 0 spiro atoms. The molecule has 230 valence electrons. The largest absolute Gasteiger partial charge is 0.370 e. The molecule has 1 N–H and O–H groups in total. The van der Waals surface area contributed by atoms with Crippen molar-refractivity contribution in [2.75, 3.05) is 11.9 Å². The quantitative estimate of drug-likeness (QED) is 0.235. The molecular weight excluding hydrogens is 542 g/mol. The third-order valence-corrected chi connectivity index (χ3v) is 10.4. The first-order valence-electron chi connectivity index (χ1n) is 15.5. The van der Waals surface area contributed by atoms with Crippen LogP contribution in [0.2, 0.25) is 25.7 Å². The Morgan fingerprint density at radius 1 is 1.07 bits per heavy atom. The summed E-state index contributed by atoms with van der Waals surface area (Å²) in [6.45, 7) is 21.0. The minimum absolute atomic E-state index is 0.173. The molecule has 0 unspecified atom stereocenters. The molecule has 0 radical (unpaired) electrons. The van der Waals surface area contributed by atoms with Gasteiger partial charge in [0.15, 0.2) is 5.69 Å². The average molecular weight is 594 g/mol. The molecule has 2 aromatic rings. The maximum Gasteiger partial charge on any atom is 0.291 e. The molecule has 1 saturated carbocycles. The number of amides is 1. The van der Waals surface area contributed by atoms with Crippen LogP contribution in [0, 0.1) is 16.7 Å². The van der Waals surface area contributed by atoms with E-state index < -0.39 is 8.07 Å². The van der Waals surface area contributed by atoms with Crippen LogP contribution in [0.15, 0.2) is 18.3 Å². The SMILES string of the molecule is CC1(C)CCC(c2nc(C3CC(C)(C)OC(C)(C)C3)ccc2NC(=O)c2nc(C#N)cn2COCC[Si](C)(C)C)CC1. The third kappa shape index (κ3) is 8.52. The van der Waals surface area contributed by atoms with Crippen LogP contribution in [0.5, 0.6) is 0 Å². The highest BCUT2D eigenvalue weighted by Gasteiger charge is 2.41. The van der Waals surface area contributed by atoms with Gasteiger partial charge in [0.05, 0.1) is 22.6 Å². The van der Waals surface area contributed by atoms with Gasteiger partial charge in [-0.15, -0.1) is 0 Å². The summed E-state index contributed by atoms with van der Waals surface area (Å²) in [5.74, 6) is 0.365. The van der Waals surface area contributed by atoms with Crippen LogP contribution in [-0.4, -0.2) is 46.3 Å². The van der Waals surface area contributed by atoms with Crippen molar-refractivity contribution in [3.05, 3.63) is 41.2 Å². The molecule has 3 heterocycles. The van der Waals surface area contributed by atoms with Crippen LogP contribution < -0.4 is 5.32 Å². The zero-order valence-electron chi connectivity index (χ0n) is 27.3. The lowest BCUT2D eigenvalue weighted by atomic mass is 9.72. The van der Waals surface area contributed by atoms with Crippen molar-refractivity contribution in [2.45, 2.75) is 136 Å². The second-order valence-electron chi connectivity index (χ2n) is 15.7. The number of nitriles is 1. The lowest BCUT2D eigenvalue weighted by molar-refractivity contribution is -0.162. The summed E-state index contributed by atoms with van der Waals surface area (Å²) in [6, 6.07) is 7.18. The fourth-order valence-electron chi connectivity index (χ4n) is 6.58. The van der Waals surface area contributed by atoms with E-state index in [1.54, 1.807) is 10.8 Å². The van der Waals surface area contributed by atoms with E-state index in [1.165, 1.54) is 0 Å². The van der Waals surface area contributed by atoms with Crippen LogP contribution in [0.25, 0.3) is 0 Å². The van der Waals surface area contributed by atoms with Crippen molar-refractivity contribution in [1.29, 1.82) is 5.26 Å². The number of anilines is 1. The monoisotopic (exact) mass is 593 g/mol. The number of carbonyl (C=O) groups is 1. The van der Waals surface area contributed by atoms with E-state index in [-0.39, 0.29) is 47.2 Å². The van der Waals surface area contributed by atoms with Gasteiger partial charge in [-0.25, -0.2) is 4.98 Å². The zero-order valence-corrected chi connectivity index (χ0v) is 28.3. The molecule has 0 atom stereocenters. The molecule has 9 heteroatoms. The summed E-state index contributed by atoms with van der Waals surface area (Å²) in [7, 11) is -1.24. The molecule has 2 fully saturated rings. The van der Waals surface area contributed by atoms with Gasteiger partial charge in [0.1, 0.15) is 12.8 Å². The van der Waals surface area contributed by atoms with E-state index in [9.17, 15) is 10.1 Å². The number of hydrogen-bond acceptors (Lipinski definition) is 6. The smallest absolute Gasteiger partial charge is 0.291 e. The van der Waals surface area contributed by atoms with E-state index in [0.717, 1.165) is 61.6 Å². The molecule has 42 heavy (non-hydrogen) atoms. The van der Waals surface area contributed by atoms with Gasteiger partial charge in [-0.3, -0.25) is 9.78 Å². The van der Waals surface area contributed by atoms with Crippen LogP contribution in [-0.2, 0) is 16.2 Å². The number of hydrogen-bond donors (Lipinski definition) is 1. The Balaban J connectivity index is 1.61. The predicted octanol–water partition coefficient (Wildman–Crippen LogP) is 7.85. The number of aromatic nitrogens is 3. The Labute approximate surface area is 253 Å². The molecule has 1 aliphatic heterocycles. The van der Waals surface area contributed by atoms with E-state index >= 15 is 0 Å². The zero-order chi connectivity index (χ0) is 30.9. The van der Waals surface area contributed by atoms with Gasteiger partial charge >= 0.3 is 0 Å². The normalized spacial score (nSPS) is 20.7. The van der Waals surface area contributed by atoms with E-state index in [1.807, 2.05) is 6.07 Å². The molecule has 4 rings (SSSR count). The number of imidazole rings is 1. The molecule has 2 aromatic heterocycles. The Morgan fingerprint density at radius 3 is 2.31 bits per heavy atom. The molecule has 1 aliphatic carbocycles. The summed E-state index contributed by atoms with van der Waals surface area (Å²) < 4.78 is 13.9. The van der Waals surface area contributed by atoms with Crippen molar-refractivity contribution in [3.8, 4) is 6.07 Å². The maximum atomic E-state index is 13.7. The second-order valence-corrected chi connectivity index (χ2v) is 21.3. The molecule has 1 amide bonds. The number of ether oxygens (including phenoxy) is 2. The van der Waals surface area contributed by atoms with Gasteiger partial charge in [0.2, 0.25) is 5.82 Å². The van der Waals surface area contributed by atoms with Gasteiger partial charge in [-0.2, -0.15) is 5.26 Å².